The number of hydrogen-bond donors (Lipinski definition) is 0. The first-order valence-electron chi connectivity index (χ1n) is 18.1. The SMILES string of the molecule is c1ccc(-c2ccc(-c3nc(-c4ccccc4)nc(-n4c5ccc6ccccc6c5c5cccc(-c6cccc7c6sc6ccccc67)c54)n3)cc2)cc1. The van der Waals surface area contributed by atoms with E-state index in [1.165, 1.54) is 47.5 Å². The number of hydrogen-bond acceptors (Lipinski definition) is 4. The highest BCUT2D eigenvalue weighted by Crippen LogP contribution is 2.45. The summed E-state index contributed by atoms with van der Waals surface area (Å²) in [5, 5.41) is 7.29. The smallest absolute Gasteiger partial charge is 0.238 e. The third-order valence-corrected chi connectivity index (χ3v) is 11.7. The molecule has 0 aliphatic rings. The van der Waals surface area contributed by atoms with Gasteiger partial charge in [0.25, 0.3) is 0 Å². The van der Waals surface area contributed by atoms with Gasteiger partial charge >= 0.3 is 0 Å². The molecule has 0 N–H and O–H groups in total. The molecule has 0 unspecified atom stereocenters. The zero-order valence-corrected chi connectivity index (χ0v) is 29.8. The maximum Gasteiger partial charge on any atom is 0.238 e. The second-order valence-corrected chi connectivity index (χ2v) is 14.6. The van der Waals surface area contributed by atoms with E-state index in [4.69, 9.17) is 15.0 Å². The van der Waals surface area contributed by atoms with Crippen LogP contribution in [0.5, 0.6) is 0 Å². The first-order chi connectivity index (χ1) is 26.8. The molecular formula is C49H30N4S. The van der Waals surface area contributed by atoms with Crippen molar-refractivity contribution in [2.24, 2.45) is 0 Å². The molecule has 0 atom stereocenters. The molecule has 0 saturated carbocycles. The third kappa shape index (κ3) is 4.86. The topological polar surface area (TPSA) is 43.6 Å². The van der Waals surface area contributed by atoms with Crippen molar-refractivity contribution < 1.29 is 0 Å². The highest BCUT2D eigenvalue weighted by Gasteiger charge is 2.23. The summed E-state index contributed by atoms with van der Waals surface area (Å²) in [5.41, 5.74) is 8.64. The van der Waals surface area contributed by atoms with Crippen LogP contribution in [-0.2, 0) is 0 Å². The van der Waals surface area contributed by atoms with E-state index in [9.17, 15) is 0 Å². The second-order valence-electron chi connectivity index (χ2n) is 13.6. The van der Waals surface area contributed by atoms with E-state index in [2.05, 4.69) is 162 Å². The maximum absolute atomic E-state index is 5.33. The fraction of sp³-hybridized carbons (Fsp3) is 0. The number of thiophene rings is 1. The number of nitrogens with zero attached hydrogens (tertiary/aromatic N) is 4. The van der Waals surface area contributed by atoms with Crippen molar-refractivity contribution in [3.8, 4) is 51.0 Å². The van der Waals surface area contributed by atoms with Gasteiger partial charge in [-0.05, 0) is 34.0 Å². The number of benzene rings is 8. The minimum absolute atomic E-state index is 0.581. The average Bonchev–Trinajstić information content (AvgIpc) is 3.81. The summed E-state index contributed by atoms with van der Waals surface area (Å²) in [7, 11) is 0. The van der Waals surface area contributed by atoms with E-state index < -0.39 is 0 Å². The van der Waals surface area contributed by atoms with Crippen LogP contribution in [0.3, 0.4) is 0 Å². The molecule has 0 amide bonds. The molecule has 11 aromatic rings. The lowest BCUT2D eigenvalue weighted by atomic mass is 9.98. The molecule has 0 spiro atoms. The fourth-order valence-corrected chi connectivity index (χ4v) is 9.20. The van der Waals surface area contributed by atoms with E-state index in [1.54, 1.807) is 0 Å². The van der Waals surface area contributed by atoms with Gasteiger partial charge in [0.15, 0.2) is 11.6 Å². The predicted octanol–water partition coefficient (Wildman–Crippen LogP) is 13.2. The van der Waals surface area contributed by atoms with E-state index in [0.717, 1.165) is 38.7 Å². The van der Waals surface area contributed by atoms with Crippen LogP contribution in [0, 0.1) is 0 Å². The summed E-state index contributed by atoms with van der Waals surface area (Å²) < 4.78 is 4.83. The first kappa shape index (κ1) is 30.7. The van der Waals surface area contributed by atoms with Crippen molar-refractivity contribution >= 4 is 64.1 Å². The normalized spacial score (nSPS) is 11.7. The Labute approximate surface area is 315 Å². The monoisotopic (exact) mass is 706 g/mol. The van der Waals surface area contributed by atoms with Gasteiger partial charge in [0, 0.05) is 53.2 Å². The molecule has 0 aliphatic heterocycles. The lowest BCUT2D eigenvalue weighted by Gasteiger charge is -2.13. The Balaban J connectivity index is 1.23. The van der Waals surface area contributed by atoms with Crippen LogP contribution < -0.4 is 0 Å². The third-order valence-electron chi connectivity index (χ3n) is 10.5. The summed E-state index contributed by atoms with van der Waals surface area (Å²) in [4.78, 5) is 15.7. The summed E-state index contributed by atoms with van der Waals surface area (Å²) in [6.07, 6.45) is 0. The predicted molar refractivity (Wildman–Crippen MR) is 226 cm³/mol. The molecule has 0 radical (unpaired) electrons. The summed E-state index contributed by atoms with van der Waals surface area (Å²) in [5.74, 6) is 1.83. The Hall–Kier alpha value is -6.95. The van der Waals surface area contributed by atoms with Crippen LogP contribution in [0.1, 0.15) is 0 Å². The number of para-hydroxylation sites is 1. The maximum atomic E-state index is 5.33. The quantitative estimate of drug-likeness (QED) is 0.179. The molecule has 3 heterocycles. The van der Waals surface area contributed by atoms with Gasteiger partial charge in [-0.15, -0.1) is 11.3 Å². The fourth-order valence-electron chi connectivity index (χ4n) is 7.97. The Morgan fingerprint density at radius 2 is 0.963 bits per heavy atom. The van der Waals surface area contributed by atoms with Gasteiger partial charge in [-0.25, -0.2) is 4.98 Å². The van der Waals surface area contributed by atoms with Gasteiger partial charge < -0.3 is 0 Å². The Morgan fingerprint density at radius 3 is 1.74 bits per heavy atom. The highest BCUT2D eigenvalue weighted by atomic mass is 32.1. The molecule has 0 aliphatic carbocycles. The van der Waals surface area contributed by atoms with Crippen molar-refractivity contribution in [1.29, 1.82) is 0 Å². The van der Waals surface area contributed by atoms with Crippen LogP contribution in [0.25, 0.3) is 104 Å². The van der Waals surface area contributed by atoms with Crippen LogP contribution in [-0.4, -0.2) is 19.5 Å². The molecule has 54 heavy (non-hydrogen) atoms. The van der Waals surface area contributed by atoms with Crippen molar-refractivity contribution in [1.82, 2.24) is 19.5 Å². The summed E-state index contributed by atoms with van der Waals surface area (Å²) in [6.45, 7) is 0. The zero-order chi connectivity index (χ0) is 35.6. The minimum Gasteiger partial charge on any atom is -0.277 e. The van der Waals surface area contributed by atoms with Gasteiger partial charge in [0.2, 0.25) is 5.95 Å². The molecular weight excluding hydrogens is 677 g/mol. The van der Waals surface area contributed by atoms with Crippen molar-refractivity contribution in [2.75, 3.05) is 0 Å². The molecule has 252 valence electrons. The van der Waals surface area contributed by atoms with Gasteiger partial charge in [0.05, 0.1) is 11.0 Å². The van der Waals surface area contributed by atoms with Gasteiger partial charge in [-0.1, -0.05) is 170 Å². The van der Waals surface area contributed by atoms with Crippen molar-refractivity contribution in [3.05, 3.63) is 182 Å². The van der Waals surface area contributed by atoms with Gasteiger partial charge in [-0.3, -0.25) is 4.57 Å². The van der Waals surface area contributed by atoms with Gasteiger partial charge in [0.1, 0.15) is 0 Å². The van der Waals surface area contributed by atoms with Crippen LogP contribution >= 0.6 is 11.3 Å². The highest BCUT2D eigenvalue weighted by molar-refractivity contribution is 7.26. The summed E-state index contributed by atoms with van der Waals surface area (Å²) >= 11 is 1.85. The number of rotatable bonds is 5. The Bertz CT molecular complexity index is 3200. The van der Waals surface area contributed by atoms with Crippen LogP contribution in [0.4, 0.5) is 0 Å². The van der Waals surface area contributed by atoms with Crippen molar-refractivity contribution in [3.63, 3.8) is 0 Å². The minimum atomic E-state index is 0.581. The van der Waals surface area contributed by atoms with E-state index in [0.29, 0.717) is 17.6 Å². The van der Waals surface area contributed by atoms with Crippen molar-refractivity contribution in [2.45, 2.75) is 0 Å². The molecule has 3 aromatic heterocycles. The Morgan fingerprint density at radius 1 is 0.389 bits per heavy atom. The van der Waals surface area contributed by atoms with Crippen LogP contribution in [0.2, 0.25) is 0 Å². The standard InChI is InChI=1S/C49H30N4S/c1-3-13-31(14-4-1)32-25-27-35(28-26-32)48-50-47(34-16-5-2-6-17-34)51-49(52-48)53-42-30-29-33-15-7-8-18-36(33)44(42)41-23-11-20-38(45(41)53)40-22-12-21-39-37-19-9-10-24-43(37)54-46(39)40/h1-30H. The summed E-state index contributed by atoms with van der Waals surface area (Å²) in [6, 6.07) is 64.3. The molecule has 0 saturated heterocycles. The van der Waals surface area contributed by atoms with E-state index >= 15 is 0 Å². The molecule has 4 nitrogen and oxygen atoms in total. The largest absolute Gasteiger partial charge is 0.277 e. The molecule has 11 rings (SSSR count). The number of fused-ring (bicyclic) bond motifs is 8. The van der Waals surface area contributed by atoms with E-state index in [-0.39, 0.29) is 0 Å². The molecule has 0 bridgehead atoms. The average molecular weight is 707 g/mol. The van der Waals surface area contributed by atoms with Gasteiger partial charge in [-0.2, -0.15) is 9.97 Å². The van der Waals surface area contributed by atoms with E-state index in [1.807, 2.05) is 35.6 Å². The number of aromatic nitrogens is 4. The molecule has 5 heteroatoms. The first-order valence-corrected chi connectivity index (χ1v) is 18.9. The lowest BCUT2D eigenvalue weighted by Crippen LogP contribution is -2.07. The zero-order valence-electron chi connectivity index (χ0n) is 29.0. The molecule has 0 fully saturated rings. The Kier molecular flexibility index (Phi) is 7.00. The molecule has 8 aromatic carbocycles. The second kappa shape index (κ2) is 12.3. The lowest BCUT2D eigenvalue weighted by molar-refractivity contribution is 0.954. The van der Waals surface area contributed by atoms with Crippen LogP contribution in [0.15, 0.2) is 182 Å².